The number of thioether (sulfide) groups is 1. The van der Waals surface area contributed by atoms with Crippen molar-refractivity contribution < 1.29 is 0 Å². The second kappa shape index (κ2) is 8.81. The van der Waals surface area contributed by atoms with Crippen LogP contribution < -0.4 is 5.32 Å². The Morgan fingerprint density at radius 3 is 2.77 bits per heavy atom. The SMILES string of the molecule is C=N/C=C(/CN1CC(Cc2ccccc2)C1)SCNC(=C)C. The second-order valence-electron chi connectivity index (χ2n) is 5.77. The third-order valence-corrected chi connectivity index (χ3v) is 4.54. The summed E-state index contributed by atoms with van der Waals surface area (Å²) in [7, 11) is 0. The molecule has 1 fully saturated rings. The van der Waals surface area contributed by atoms with Gasteiger partial charge in [-0.25, -0.2) is 0 Å². The van der Waals surface area contributed by atoms with Crippen LogP contribution in [0.3, 0.4) is 0 Å². The molecule has 0 aromatic heterocycles. The van der Waals surface area contributed by atoms with Crippen molar-refractivity contribution in [3.63, 3.8) is 0 Å². The number of aliphatic imine (C=N–C) groups is 1. The monoisotopic (exact) mass is 315 g/mol. The molecule has 0 amide bonds. The molecule has 1 heterocycles. The zero-order chi connectivity index (χ0) is 15.8. The third-order valence-electron chi connectivity index (χ3n) is 3.65. The van der Waals surface area contributed by atoms with E-state index >= 15 is 0 Å². The van der Waals surface area contributed by atoms with Crippen LogP contribution in [-0.2, 0) is 6.42 Å². The second-order valence-corrected chi connectivity index (χ2v) is 6.88. The van der Waals surface area contributed by atoms with Gasteiger partial charge in [-0.05, 0) is 31.5 Å². The van der Waals surface area contributed by atoms with E-state index in [1.807, 2.05) is 13.1 Å². The van der Waals surface area contributed by atoms with Gasteiger partial charge in [-0.1, -0.05) is 36.9 Å². The lowest BCUT2D eigenvalue weighted by molar-refractivity contribution is 0.115. The Morgan fingerprint density at radius 1 is 1.41 bits per heavy atom. The first kappa shape index (κ1) is 16.8. The van der Waals surface area contributed by atoms with E-state index in [9.17, 15) is 0 Å². The van der Waals surface area contributed by atoms with Crippen LogP contribution in [0, 0.1) is 5.92 Å². The molecule has 0 aliphatic carbocycles. The minimum Gasteiger partial charge on any atom is -0.380 e. The normalized spacial score (nSPS) is 16.1. The van der Waals surface area contributed by atoms with Gasteiger partial charge in [0.25, 0.3) is 0 Å². The van der Waals surface area contributed by atoms with Gasteiger partial charge in [0.05, 0.1) is 5.88 Å². The van der Waals surface area contributed by atoms with Gasteiger partial charge in [-0.2, -0.15) is 0 Å². The molecule has 0 bridgehead atoms. The largest absolute Gasteiger partial charge is 0.380 e. The highest BCUT2D eigenvalue weighted by molar-refractivity contribution is 8.03. The molecule has 22 heavy (non-hydrogen) atoms. The Bertz CT molecular complexity index is 518. The van der Waals surface area contributed by atoms with Crippen LogP contribution in [0.25, 0.3) is 0 Å². The van der Waals surface area contributed by atoms with Gasteiger partial charge in [0.2, 0.25) is 0 Å². The maximum Gasteiger partial charge on any atom is 0.0651 e. The fourth-order valence-electron chi connectivity index (χ4n) is 2.58. The molecule has 0 unspecified atom stereocenters. The Hall–Kier alpha value is -1.52. The lowest BCUT2D eigenvalue weighted by atomic mass is 9.92. The average Bonchev–Trinajstić information content (AvgIpc) is 2.45. The molecule has 1 aromatic rings. The molecule has 2 rings (SSSR count). The van der Waals surface area contributed by atoms with E-state index in [2.05, 4.69) is 58.8 Å². The van der Waals surface area contributed by atoms with Gasteiger partial charge in [0, 0.05) is 36.4 Å². The van der Waals surface area contributed by atoms with Crippen molar-refractivity contribution in [3.05, 3.63) is 59.3 Å². The van der Waals surface area contributed by atoms with Crippen LogP contribution in [0.5, 0.6) is 0 Å². The average molecular weight is 315 g/mol. The maximum atomic E-state index is 3.92. The van der Waals surface area contributed by atoms with Gasteiger partial charge < -0.3 is 5.32 Å². The lowest BCUT2D eigenvalue weighted by Crippen LogP contribution is -2.48. The highest BCUT2D eigenvalue weighted by Crippen LogP contribution is 2.24. The Labute approximate surface area is 138 Å². The molecule has 0 spiro atoms. The maximum absolute atomic E-state index is 3.92. The lowest BCUT2D eigenvalue weighted by Gasteiger charge is -2.39. The summed E-state index contributed by atoms with van der Waals surface area (Å²) < 4.78 is 0. The Morgan fingerprint density at radius 2 is 2.14 bits per heavy atom. The molecule has 0 atom stereocenters. The van der Waals surface area contributed by atoms with Crippen LogP contribution in [0.1, 0.15) is 12.5 Å². The van der Waals surface area contributed by atoms with E-state index in [1.165, 1.54) is 16.9 Å². The third kappa shape index (κ3) is 5.70. The van der Waals surface area contributed by atoms with Crippen LogP contribution in [-0.4, -0.2) is 37.1 Å². The minimum absolute atomic E-state index is 0.777. The number of rotatable bonds is 9. The molecule has 1 aliphatic rings. The summed E-state index contributed by atoms with van der Waals surface area (Å²) >= 11 is 1.77. The minimum atomic E-state index is 0.777. The predicted octanol–water partition coefficient (Wildman–Crippen LogP) is 3.52. The van der Waals surface area contributed by atoms with Crippen molar-refractivity contribution in [3.8, 4) is 0 Å². The molecular weight excluding hydrogens is 290 g/mol. The number of hydrogen-bond acceptors (Lipinski definition) is 4. The number of likely N-dealkylation sites (tertiary alicyclic amines) is 1. The quantitative estimate of drug-likeness (QED) is 0.558. The Kier molecular flexibility index (Phi) is 6.74. The van der Waals surface area contributed by atoms with Crippen molar-refractivity contribution in [2.75, 3.05) is 25.5 Å². The van der Waals surface area contributed by atoms with Crippen molar-refractivity contribution in [1.29, 1.82) is 0 Å². The highest BCUT2D eigenvalue weighted by Gasteiger charge is 2.27. The summed E-state index contributed by atoms with van der Waals surface area (Å²) in [5, 5.41) is 3.23. The molecule has 0 radical (unpaired) electrons. The highest BCUT2D eigenvalue weighted by atomic mass is 32.2. The molecule has 1 N–H and O–H groups in total. The van der Waals surface area contributed by atoms with E-state index in [0.29, 0.717) is 0 Å². The van der Waals surface area contributed by atoms with E-state index in [-0.39, 0.29) is 0 Å². The molecule has 3 nitrogen and oxygen atoms in total. The van der Waals surface area contributed by atoms with Gasteiger partial charge in [-0.3, -0.25) is 9.89 Å². The van der Waals surface area contributed by atoms with Crippen molar-refractivity contribution in [2.24, 2.45) is 10.9 Å². The summed E-state index contributed by atoms with van der Waals surface area (Å²) in [4.78, 5) is 7.64. The summed E-state index contributed by atoms with van der Waals surface area (Å²) in [6.45, 7) is 12.7. The first-order chi connectivity index (χ1) is 10.7. The molecule has 0 saturated carbocycles. The predicted molar refractivity (Wildman–Crippen MR) is 98.1 cm³/mol. The number of hydrogen-bond donors (Lipinski definition) is 1. The van der Waals surface area contributed by atoms with Crippen LogP contribution in [0.4, 0.5) is 0 Å². The van der Waals surface area contributed by atoms with Crippen LogP contribution >= 0.6 is 11.8 Å². The van der Waals surface area contributed by atoms with Gasteiger partial charge in [-0.15, -0.1) is 11.8 Å². The number of allylic oxidation sites excluding steroid dienone is 1. The first-order valence-electron chi connectivity index (χ1n) is 7.60. The summed E-state index contributed by atoms with van der Waals surface area (Å²) in [6.07, 6.45) is 3.05. The first-order valence-corrected chi connectivity index (χ1v) is 8.59. The Balaban J connectivity index is 1.71. The number of nitrogens with zero attached hydrogens (tertiary/aromatic N) is 2. The van der Waals surface area contributed by atoms with Crippen LogP contribution in [0.2, 0.25) is 0 Å². The van der Waals surface area contributed by atoms with Gasteiger partial charge in [0.1, 0.15) is 0 Å². The van der Waals surface area contributed by atoms with E-state index in [1.54, 1.807) is 11.8 Å². The fourth-order valence-corrected chi connectivity index (χ4v) is 3.51. The number of nitrogens with one attached hydrogen (secondary N) is 1. The van der Waals surface area contributed by atoms with Crippen LogP contribution in [0.15, 0.2) is 58.7 Å². The summed E-state index contributed by atoms with van der Waals surface area (Å²) in [5.74, 6) is 1.61. The number of benzene rings is 1. The molecule has 1 saturated heterocycles. The molecule has 4 heteroatoms. The molecule has 1 aromatic carbocycles. The fraction of sp³-hybridized carbons (Fsp3) is 0.389. The molecule has 1 aliphatic heterocycles. The van der Waals surface area contributed by atoms with Gasteiger partial charge >= 0.3 is 0 Å². The van der Waals surface area contributed by atoms with E-state index < -0.39 is 0 Å². The van der Waals surface area contributed by atoms with Crippen molar-refractivity contribution in [2.45, 2.75) is 13.3 Å². The molecule has 118 valence electrons. The zero-order valence-electron chi connectivity index (χ0n) is 13.3. The molecular formula is C18H25N3S. The van der Waals surface area contributed by atoms with E-state index in [0.717, 1.165) is 37.1 Å². The summed E-state index contributed by atoms with van der Waals surface area (Å²) in [5.41, 5.74) is 2.43. The standard InChI is InChI=1S/C18H25N3S/c1-15(2)20-14-22-18(10-19-3)13-21-11-17(12-21)9-16-7-5-4-6-8-16/h4-8,10,17,20H,1,3,9,11-14H2,2H3/b18-10-. The summed E-state index contributed by atoms with van der Waals surface area (Å²) in [6, 6.07) is 10.7. The van der Waals surface area contributed by atoms with E-state index in [4.69, 9.17) is 0 Å². The smallest absolute Gasteiger partial charge is 0.0651 e. The zero-order valence-corrected chi connectivity index (χ0v) is 14.1. The van der Waals surface area contributed by atoms with Crippen molar-refractivity contribution >= 4 is 18.5 Å². The van der Waals surface area contributed by atoms with Gasteiger partial charge in [0.15, 0.2) is 0 Å². The van der Waals surface area contributed by atoms with Crippen molar-refractivity contribution in [1.82, 2.24) is 10.2 Å². The topological polar surface area (TPSA) is 27.6 Å².